The van der Waals surface area contributed by atoms with Crippen LogP contribution in [-0.4, -0.2) is 5.11 Å². The van der Waals surface area contributed by atoms with E-state index in [1.165, 1.54) is 18.2 Å². The molecule has 1 aromatic heterocycles. The molecule has 0 saturated carbocycles. The quantitative estimate of drug-likeness (QED) is 0.743. The first-order valence-corrected chi connectivity index (χ1v) is 6.44. The molecule has 2 aromatic carbocycles. The predicted molar refractivity (Wildman–Crippen MR) is 79.3 cm³/mol. The van der Waals surface area contributed by atoms with Gasteiger partial charge in [-0.25, -0.2) is 0 Å². The number of hydrogen-bond acceptors (Lipinski definition) is 4. The molecule has 0 atom stereocenters. The van der Waals surface area contributed by atoms with Crippen molar-refractivity contribution in [3.63, 3.8) is 0 Å². The van der Waals surface area contributed by atoms with Gasteiger partial charge < -0.3 is 9.52 Å². The van der Waals surface area contributed by atoms with Crippen molar-refractivity contribution in [2.24, 2.45) is 0 Å². The molecule has 102 valence electrons. The number of hydrogen-bond donors (Lipinski definition) is 1. The number of fused-ring (bicyclic) bond motifs is 1. The van der Waals surface area contributed by atoms with Gasteiger partial charge in [0.15, 0.2) is 11.0 Å². The van der Waals surface area contributed by atoms with Crippen LogP contribution < -0.4 is 5.43 Å². The van der Waals surface area contributed by atoms with Crippen molar-refractivity contribution in [2.45, 2.75) is 0 Å². The second kappa shape index (κ2) is 4.97. The molecule has 0 aliphatic rings. The Bertz CT molecular complexity index is 954. The SMILES string of the molecule is N#Cc1ccccc1-c1cc(=O)c2ccc(O)c(Cl)c2o1. The van der Waals surface area contributed by atoms with Crippen molar-refractivity contribution in [3.05, 3.63) is 63.3 Å². The minimum absolute atomic E-state index is 0.0270. The van der Waals surface area contributed by atoms with E-state index in [9.17, 15) is 9.90 Å². The fourth-order valence-corrected chi connectivity index (χ4v) is 2.31. The zero-order valence-corrected chi connectivity index (χ0v) is 11.4. The van der Waals surface area contributed by atoms with E-state index < -0.39 is 0 Å². The minimum atomic E-state index is -0.291. The number of nitrogens with zero attached hydrogens (tertiary/aromatic N) is 1. The summed E-state index contributed by atoms with van der Waals surface area (Å²) in [4.78, 5) is 12.2. The van der Waals surface area contributed by atoms with Crippen LogP contribution in [0.4, 0.5) is 0 Å². The van der Waals surface area contributed by atoms with Crippen molar-refractivity contribution >= 4 is 22.6 Å². The van der Waals surface area contributed by atoms with Gasteiger partial charge in [-0.2, -0.15) is 5.26 Å². The highest BCUT2D eigenvalue weighted by molar-refractivity contribution is 6.36. The number of benzene rings is 2. The van der Waals surface area contributed by atoms with Crippen molar-refractivity contribution in [3.8, 4) is 23.1 Å². The summed E-state index contributed by atoms with van der Waals surface area (Å²) in [5, 5.41) is 19.0. The maximum atomic E-state index is 12.2. The molecular formula is C16H8ClNO3. The molecule has 0 aliphatic heterocycles. The van der Waals surface area contributed by atoms with Gasteiger partial charge in [0, 0.05) is 11.6 Å². The molecule has 3 aromatic rings. The van der Waals surface area contributed by atoms with E-state index in [4.69, 9.17) is 21.3 Å². The highest BCUT2D eigenvalue weighted by Crippen LogP contribution is 2.33. The third kappa shape index (κ3) is 2.14. The second-order valence-electron chi connectivity index (χ2n) is 4.41. The molecule has 0 spiro atoms. The van der Waals surface area contributed by atoms with Gasteiger partial charge in [-0.1, -0.05) is 23.7 Å². The molecular weight excluding hydrogens is 290 g/mol. The lowest BCUT2D eigenvalue weighted by molar-refractivity contribution is 0.474. The Kier molecular flexibility index (Phi) is 3.13. The van der Waals surface area contributed by atoms with Gasteiger partial charge in [-0.05, 0) is 24.3 Å². The maximum Gasteiger partial charge on any atom is 0.193 e. The van der Waals surface area contributed by atoms with Crippen LogP contribution in [-0.2, 0) is 0 Å². The van der Waals surface area contributed by atoms with Crippen molar-refractivity contribution in [1.29, 1.82) is 5.26 Å². The number of phenolic OH excluding ortho intramolecular Hbond substituents is 1. The third-order valence-electron chi connectivity index (χ3n) is 3.13. The minimum Gasteiger partial charge on any atom is -0.506 e. The van der Waals surface area contributed by atoms with Crippen LogP contribution in [0.2, 0.25) is 5.02 Å². The fraction of sp³-hybridized carbons (Fsp3) is 0. The lowest BCUT2D eigenvalue weighted by atomic mass is 10.1. The fourth-order valence-electron chi connectivity index (χ4n) is 2.10. The van der Waals surface area contributed by atoms with Crippen LogP contribution in [0.1, 0.15) is 5.56 Å². The zero-order valence-electron chi connectivity index (χ0n) is 10.6. The van der Waals surface area contributed by atoms with Gasteiger partial charge in [0.25, 0.3) is 0 Å². The Hall–Kier alpha value is -2.77. The molecule has 1 heterocycles. The molecule has 0 amide bonds. The normalized spacial score (nSPS) is 10.5. The van der Waals surface area contributed by atoms with Crippen molar-refractivity contribution < 1.29 is 9.52 Å². The summed E-state index contributed by atoms with van der Waals surface area (Å²) in [6.45, 7) is 0. The molecule has 0 fully saturated rings. The van der Waals surface area contributed by atoms with E-state index in [1.54, 1.807) is 24.3 Å². The van der Waals surface area contributed by atoms with Gasteiger partial charge in [-0.15, -0.1) is 0 Å². The summed E-state index contributed by atoms with van der Waals surface area (Å²) in [6.07, 6.45) is 0. The highest BCUT2D eigenvalue weighted by atomic mass is 35.5. The lowest BCUT2D eigenvalue weighted by Crippen LogP contribution is -2.01. The Labute approximate surface area is 124 Å². The molecule has 3 rings (SSSR count). The molecule has 0 bridgehead atoms. The number of halogens is 1. The van der Waals surface area contributed by atoms with Crippen LogP contribution in [0, 0.1) is 11.3 Å². The van der Waals surface area contributed by atoms with Crippen LogP contribution in [0.3, 0.4) is 0 Å². The van der Waals surface area contributed by atoms with Gasteiger partial charge in [0.05, 0.1) is 17.0 Å². The topological polar surface area (TPSA) is 74.2 Å². The summed E-state index contributed by atoms with van der Waals surface area (Å²) in [6, 6.07) is 12.9. The van der Waals surface area contributed by atoms with Crippen LogP contribution >= 0.6 is 11.6 Å². The number of phenols is 1. The molecule has 0 unspecified atom stereocenters. The molecule has 5 heteroatoms. The second-order valence-corrected chi connectivity index (χ2v) is 4.79. The smallest absolute Gasteiger partial charge is 0.193 e. The molecule has 4 nitrogen and oxygen atoms in total. The average Bonchev–Trinajstić information content (AvgIpc) is 2.51. The third-order valence-corrected chi connectivity index (χ3v) is 3.49. The van der Waals surface area contributed by atoms with Crippen LogP contribution in [0.5, 0.6) is 5.75 Å². The van der Waals surface area contributed by atoms with Crippen molar-refractivity contribution in [1.82, 2.24) is 0 Å². The zero-order chi connectivity index (χ0) is 15.0. The molecule has 21 heavy (non-hydrogen) atoms. The Morgan fingerprint density at radius 2 is 1.95 bits per heavy atom. The monoisotopic (exact) mass is 297 g/mol. The number of rotatable bonds is 1. The van der Waals surface area contributed by atoms with E-state index in [0.717, 1.165) is 0 Å². The first-order chi connectivity index (χ1) is 10.1. The Morgan fingerprint density at radius 1 is 1.19 bits per heavy atom. The molecule has 0 saturated heterocycles. The standard InChI is InChI=1S/C16H8ClNO3/c17-15-12(19)6-5-11-13(20)7-14(21-16(11)15)10-4-2-1-3-9(10)8-18/h1-7,19H. The first kappa shape index (κ1) is 13.2. The largest absolute Gasteiger partial charge is 0.506 e. The van der Waals surface area contributed by atoms with E-state index in [0.29, 0.717) is 11.1 Å². The molecule has 0 radical (unpaired) electrons. The van der Waals surface area contributed by atoms with E-state index in [-0.39, 0.29) is 32.9 Å². The van der Waals surface area contributed by atoms with Gasteiger partial charge >= 0.3 is 0 Å². The molecule has 1 N–H and O–H groups in total. The van der Waals surface area contributed by atoms with Gasteiger partial charge in [-0.3, -0.25) is 4.79 Å². The van der Waals surface area contributed by atoms with Crippen molar-refractivity contribution in [2.75, 3.05) is 0 Å². The first-order valence-electron chi connectivity index (χ1n) is 6.06. The highest BCUT2D eigenvalue weighted by Gasteiger charge is 2.14. The van der Waals surface area contributed by atoms with E-state index >= 15 is 0 Å². The summed E-state index contributed by atoms with van der Waals surface area (Å²) < 4.78 is 5.64. The summed E-state index contributed by atoms with van der Waals surface area (Å²) in [7, 11) is 0. The number of aromatic hydroxyl groups is 1. The number of nitriles is 1. The summed E-state index contributed by atoms with van der Waals surface area (Å²) >= 11 is 5.98. The van der Waals surface area contributed by atoms with Gasteiger partial charge in [0.1, 0.15) is 16.5 Å². The molecule has 0 aliphatic carbocycles. The Morgan fingerprint density at radius 3 is 2.71 bits per heavy atom. The average molecular weight is 298 g/mol. The van der Waals surface area contributed by atoms with Crippen LogP contribution in [0.25, 0.3) is 22.3 Å². The van der Waals surface area contributed by atoms with Gasteiger partial charge in [0.2, 0.25) is 0 Å². The predicted octanol–water partition coefficient (Wildman–Crippen LogP) is 3.69. The van der Waals surface area contributed by atoms with Crippen LogP contribution in [0.15, 0.2) is 51.7 Å². The lowest BCUT2D eigenvalue weighted by Gasteiger charge is -2.06. The maximum absolute atomic E-state index is 12.2. The van der Waals surface area contributed by atoms with E-state index in [2.05, 4.69) is 0 Å². The summed E-state index contributed by atoms with van der Waals surface area (Å²) in [5.41, 5.74) is 0.697. The summed E-state index contributed by atoms with van der Waals surface area (Å²) in [5.74, 6) is 0.0650. The Balaban J connectivity index is 2.38. The van der Waals surface area contributed by atoms with E-state index in [1.807, 2.05) is 6.07 Å².